The van der Waals surface area contributed by atoms with Gasteiger partial charge >= 0.3 is 0 Å². The van der Waals surface area contributed by atoms with Gasteiger partial charge in [0.2, 0.25) is 0 Å². The fraction of sp³-hybridized carbons (Fsp3) is 0.727. The largest absolute Gasteiger partial charge is 0.497 e. The number of hydrogen-bond donors (Lipinski definition) is 1. The van der Waals surface area contributed by atoms with Crippen LogP contribution in [0, 0.1) is 0 Å². The molecule has 1 aromatic carbocycles. The number of anilines is 1. The molecule has 3 aliphatic rings. The molecule has 0 amide bonds. The molecule has 1 atom stereocenters. The second kappa shape index (κ2) is 7.61. The van der Waals surface area contributed by atoms with Gasteiger partial charge in [0.15, 0.2) is 0 Å². The average Bonchev–Trinajstić information content (AvgIpc) is 2.68. The highest BCUT2D eigenvalue weighted by atomic mass is 16.5. The van der Waals surface area contributed by atoms with Crippen molar-refractivity contribution in [2.75, 3.05) is 44.8 Å². The summed E-state index contributed by atoms with van der Waals surface area (Å²) in [5.74, 6) is 0.930. The molecule has 3 fully saturated rings. The Hall–Kier alpha value is -1.30. The van der Waals surface area contributed by atoms with Crippen molar-refractivity contribution in [1.82, 2.24) is 4.90 Å². The molecule has 1 aromatic rings. The molecule has 3 heterocycles. The van der Waals surface area contributed by atoms with E-state index in [-0.39, 0.29) is 5.60 Å². The third-order valence-corrected chi connectivity index (χ3v) is 6.86. The topological polar surface area (TPSA) is 45.2 Å². The van der Waals surface area contributed by atoms with Crippen molar-refractivity contribution in [1.29, 1.82) is 0 Å². The Kier molecular flexibility index (Phi) is 5.36. The van der Waals surface area contributed by atoms with E-state index in [0.29, 0.717) is 12.6 Å². The Morgan fingerprint density at radius 1 is 1.11 bits per heavy atom. The van der Waals surface area contributed by atoms with Gasteiger partial charge < -0.3 is 24.4 Å². The summed E-state index contributed by atoms with van der Waals surface area (Å²) >= 11 is 0. The van der Waals surface area contributed by atoms with E-state index in [1.165, 1.54) is 18.5 Å². The van der Waals surface area contributed by atoms with Crippen molar-refractivity contribution in [2.45, 2.75) is 62.7 Å². The van der Waals surface area contributed by atoms with Crippen molar-refractivity contribution in [3.8, 4) is 5.75 Å². The second-order valence-corrected chi connectivity index (χ2v) is 8.91. The van der Waals surface area contributed by atoms with Gasteiger partial charge in [-0.3, -0.25) is 0 Å². The molecule has 4 rings (SSSR count). The summed E-state index contributed by atoms with van der Waals surface area (Å²) in [4.78, 5) is 5.15. The average molecular weight is 375 g/mol. The zero-order chi connectivity index (χ0) is 18.9. The maximum absolute atomic E-state index is 10.5. The molecule has 3 aliphatic heterocycles. The maximum Gasteiger partial charge on any atom is 0.120 e. The van der Waals surface area contributed by atoms with E-state index < -0.39 is 5.60 Å². The lowest BCUT2D eigenvalue weighted by Gasteiger charge is -2.50. The quantitative estimate of drug-likeness (QED) is 0.881. The summed E-state index contributed by atoms with van der Waals surface area (Å²) in [5.41, 5.74) is 0.630. The van der Waals surface area contributed by atoms with Crippen LogP contribution in [0.5, 0.6) is 5.75 Å². The van der Waals surface area contributed by atoms with Crippen molar-refractivity contribution < 1.29 is 14.6 Å². The second-order valence-electron chi connectivity index (χ2n) is 8.91. The zero-order valence-corrected chi connectivity index (χ0v) is 16.8. The van der Waals surface area contributed by atoms with E-state index in [1.807, 2.05) is 13.0 Å². The van der Waals surface area contributed by atoms with Gasteiger partial charge in [0.05, 0.1) is 24.9 Å². The highest BCUT2D eigenvalue weighted by molar-refractivity contribution is 5.51. The van der Waals surface area contributed by atoms with Crippen molar-refractivity contribution in [3.63, 3.8) is 0 Å². The van der Waals surface area contributed by atoms with Crippen LogP contribution in [-0.2, 0) is 4.74 Å². The predicted octanol–water partition coefficient (Wildman–Crippen LogP) is 3.06. The molecular formula is C22H34N2O3. The summed E-state index contributed by atoms with van der Waals surface area (Å²) in [7, 11) is 1.73. The van der Waals surface area contributed by atoms with Crippen molar-refractivity contribution in [2.24, 2.45) is 0 Å². The molecule has 0 aromatic heterocycles. The number of likely N-dealkylation sites (tertiary alicyclic amines) is 1. The third kappa shape index (κ3) is 4.25. The molecular weight excluding hydrogens is 340 g/mol. The van der Waals surface area contributed by atoms with E-state index in [4.69, 9.17) is 9.47 Å². The van der Waals surface area contributed by atoms with E-state index in [0.717, 1.165) is 57.6 Å². The SMILES string of the molecule is COc1cccc(N2CCC(N3CCC4(CC3)CC(C)(O)CCO4)CC2)c1. The fourth-order valence-corrected chi connectivity index (χ4v) is 5.24. The molecule has 5 nitrogen and oxygen atoms in total. The summed E-state index contributed by atoms with van der Waals surface area (Å²) in [5, 5.41) is 10.5. The van der Waals surface area contributed by atoms with Gasteiger partial charge in [0.1, 0.15) is 5.75 Å². The first-order valence-corrected chi connectivity index (χ1v) is 10.5. The Balaban J connectivity index is 1.29. The number of piperidine rings is 2. The Bertz CT molecular complexity index is 632. The number of aliphatic hydroxyl groups is 1. The normalized spacial score (nSPS) is 29.8. The molecule has 5 heteroatoms. The van der Waals surface area contributed by atoms with Gasteiger partial charge in [-0.15, -0.1) is 0 Å². The van der Waals surface area contributed by atoms with Gasteiger partial charge in [-0.05, 0) is 51.2 Å². The minimum Gasteiger partial charge on any atom is -0.497 e. The lowest BCUT2D eigenvalue weighted by molar-refractivity contribution is -0.175. The standard InChI is InChI=1S/C22H34N2O3/c1-21(25)10-15-27-22(17-21)8-13-24(14-9-22)18-6-11-23(12-7-18)19-4-3-5-20(16-19)26-2/h3-5,16,18,25H,6-15,17H2,1-2H3. The number of nitrogens with zero attached hydrogens (tertiary/aromatic N) is 2. The smallest absolute Gasteiger partial charge is 0.120 e. The fourth-order valence-electron chi connectivity index (χ4n) is 5.24. The minimum atomic E-state index is -0.553. The summed E-state index contributed by atoms with van der Waals surface area (Å²) in [6, 6.07) is 9.07. The lowest BCUT2D eigenvalue weighted by atomic mass is 9.77. The molecule has 27 heavy (non-hydrogen) atoms. The van der Waals surface area contributed by atoms with Gasteiger partial charge in [-0.25, -0.2) is 0 Å². The number of benzene rings is 1. The van der Waals surface area contributed by atoms with Crippen LogP contribution in [0.1, 0.15) is 45.4 Å². The highest BCUT2D eigenvalue weighted by Gasteiger charge is 2.45. The molecule has 150 valence electrons. The number of methoxy groups -OCH3 is 1. The van der Waals surface area contributed by atoms with Crippen LogP contribution in [0.15, 0.2) is 24.3 Å². The van der Waals surface area contributed by atoms with E-state index in [9.17, 15) is 5.11 Å². The Morgan fingerprint density at radius 2 is 1.85 bits per heavy atom. The molecule has 0 radical (unpaired) electrons. The van der Waals surface area contributed by atoms with Crippen molar-refractivity contribution in [3.05, 3.63) is 24.3 Å². The monoisotopic (exact) mass is 374 g/mol. The third-order valence-electron chi connectivity index (χ3n) is 6.86. The Labute approximate surface area is 163 Å². The number of hydrogen-bond acceptors (Lipinski definition) is 5. The van der Waals surface area contributed by atoms with Crippen molar-refractivity contribution >= 4 is 5.69 Å². The van der Waals surface area contributed by atoms with Crippen LogP contribution in [0.4, 0.5) is 5.69 Å². The van der Waals surface area contributed by atoms with Crippen LogP contribution in [0.3, 0.4) is 0 Å². The van der Waals surface area contributed by atoms with E-state index in [1.54, 1.807) is 7.11 Å². The minimum absolute atomic E-state index is 0.0838. The summed E-state index contributed by atoms with van der Waals surface area (Å²) in [6.07, 6.45) is 6.09. The van der Waals surface area contributed by atoms with Gasteiger partial charge in [0.25, 0.3) is 0 Å². The first-order valence-electron chi connectivity index (χ1n) is 10.5. The zero-order valence-electron chi connectivity index (χ0n) is 16.8. The van der Waals surface area contributed by atoms with Crippen LogP contribution >= 0.6 is 0 Å². The molecule has 1 unspecified atom stereocenters. The number of rotatable bonds is 3. The van der Waals surface area contributed by atoms with Crippen LogP contribution in [0.25, 0.3) is 0 Å². The first kappa shape index (κ1) is 19.0. The lowest BCUT2D eigenvalue weighted by Crippen LogP contribution is -2.56. The van der Waals surface area contributed by atoms with Crippen LogP contribution < -0.4 is 9.64 Å². The van der Waals surface area contributed by atoms with E-state index in [2.05, 4.69) is 28.0 Å². The first-order chi connectivity index (χ1) is 13.0. The van der Waals surface area contributed by atoms with Crippen LogP contribution in [-0.4, -0.2) is 67.1 Å². The predicted molar refractivity (Wildman–Crippen MR) is 108 cm³/mol. The molecule has 0 bridgehead atoms. The number of ether oxygens (including phenoxy) is 2. The van der Waals surface area contributed by atoms with Crippen LogP contribution in [0.2, 0.25) is 0 Å². The van der Waals surface area contributed by atoms with Gasteiger partial charge in [-0.2, -0.15) is 0 Å². The highest BCUT2D eigenvalue weighted by Crippen LogP contribution is 2.40. The molecule has 1 spiro atoms. The van der Waals surface area contributed by atoms with Gasteiger partial charge in [-0.1, -0.05) is 6.07 Å². The Morgan fingerprint density at radius 3 is 2.52 bits per heavy atom. The van der Waals surface area contributed by atoms with E-state index >= 15 is 0 Å². The maximum atomic E-state index is 10.5. The molecule has 3 saturated heterocycles. The molecule has 0 saturated carbocycles. The molecule has 0 aliphatic carbocycles. The van der Waals surface area contributed by atoms with Gasteiger partial charge in [0, 0.05) is 50.4 Å². The molecule has 1 N–H and O–H groups in total. The summed E-state index contributed by atoms with van der Waals surface area (Å²) in [6.45, 7) is 7.07. The summed E-state index contributed by atoms with van der Waals surface area (Å²) < 4.78 is 11.5.